The van der Waals surface area contributed by atoms with Gasteiger partial charge in [0.25, 0.3) is 0 Å². The number of aryl methyl sites for hydroxylation is 1. The number of hydrogen-bond donors (Lipinski definition) is 2. The highest BCUT2D eigenvalue weighted by Crippen LogP contribution is 2.00. The van der Waals surface area contributed by atoms with Crippen LogP contribution in [-0.4, -0.2) is 23.5 Å². The van der Waals surface area contributed by atoms with Crippen LogP contribution in [0.25, 0.3) is 0 Å². The lowest BCUT2D eigenvalue weighted by Crippen LogP contribution is -2.37. The van der Waals surface area contributed by atoms with E-state index in [4.69, 9.17) is 5.73 Å². The van der Waals surface area contributed by atoms with E-state index >= 15 is 0 Å². The molecule has 4 heteroatoms. The topological polar surface area (TPSA) is 68.0 Å². The van der Waals surface area contributed by atoms with Gasteiger partial charge in [-0.3, -0.25) is 9.78 Å². The van der Waals surface area contributed by atoms with Gasteiger partial charge in [-0.1, -0.05) is 6.07 Å². The van der Waals surface area contributed by atoms with Gasteiger partial charge in [0.05, 0.1) is 0 Å². The summed E-state index contributed by atoms with van der Waals surface area (Å²) in [4.78, 5) is 15.4. The molecule has 1 aromatic rings. The van der Waals surface area contributed by atoms with E-state index in [0.29, 0.717) is 13.0 Å². The highest BCUT2D eigenvalue weighted by atomic mass is 16.1. The van der Waals surface area contributed by atoms with Crippen molar-refractivity contribution in [1.82, 2.24) is 10.3 Å². The maximum atomic E-state index is 11.4. The summed E-state index contributed by atoms with van der Waals surface area (Å²) in [5.41, 5.74) is 6.48. The van der Waals surface area contributed by atoms with E-state index in [1.165, 1.54) is 0 Å². The molecule has 4 nitrogen and oxygen atoms in total. The Labute approximate surface area is 89.9 Å². The number of carbonyl (C=O) groups excluding carboxylic acids is 1. The van der Waals surface area contributed by atoms with Crippen LogP contribution in [0.15, 0.2) is 24.5 Å². The maximum Gasteiger partial charge on any atom is 0.220 e. The van der Waals surface area contributed by atoms with Crippen molar-refractivity contribution in [3.8, 4) is 0 Å². The third-order valence-corrected chi connectivity index (χ3v) is 2.12. The molecule has 1 aromatic heterocycles. The monoisotopic (exact) mass is 207 g/mol. The van der Waals surface area contributed by atoms with Crippen LogP contribution in [0.2, 0.25) is 0 Å². The minimum Gasteiger partial charge on any atom is -0.352 e. The first kappa shape index (κ1) is 11.7. The van der Waals surface area contributed by atoms with Crippen molar-refractivity contribution in [3.05, 3.63) is 30.1 Å². The molecule has 0 aliphatic rings. The molecule has 0 saturated carbocycles. The zero-order valence-electron chi connectivity index (χ0n) is 8.94. The van der Waals surface area contributed by atoms with Gasteiger partial charge in [-0.05, 0) is 25.0 Å². The predicted molar refractivity (Wildman–Crippen MR) is 59.2 cm³/mol. The lowest BCUT2D eigenvalue weighted by Gasteiger charge is -2.10. The number of nitrogens with one attached hydrogen (secondary N) is 1. The molecule has 0 aliphatic carbocycles. The summed E-state index contributed by atoms with van der Waals surface area (Å²) in [5, 5.41) is 2.82. The smallest absolute Gasteiger partial charge is 0.220 e. The van der Waals surface area contributed by atoms with E-state index < -0.39 is 0 Å². The Morgan fingerprint density at radius 3 is 3.07 bits per heavy atom. The Balaban J connectivity index is 2.29. The van der Waals surface area contributed by atoms with Crippen LogP contribution in [0, 0.1) is 0 Å². The van der Waals surface area contributed by atoms with Crippen LogP contribution in [0.1, 0.15) is 18.9 Å². The van der Waals surface area contributed by atoms with E-state index in [1.807, 2.05) is 19.1 Å². The van der Waals surface area contributed by atoms with Crippen LogP contribution < -0.4 is 11.1 Å². The Morgan fingerprint density at radius 2 is 2.47 bits per heavy atom. The van der Waals surface area contributed by atoms with Crippen molar-refractivity contribution in [1.29, 1.82) is 0 Å². The standard InChI is InChI=1S/C11H17N3O/c1-9(7-12)14-11(15)5-4-10-3-2-6-13-8-10/h2-3,6,8-9H,4-5,7,12H2,1H3,(H,14,15). The number of hydrogen-bond acceptors (Lipinski definition) is 3. The highest BCUT2D eigenvalue weighted by Gasteiger charge is 2.05. The van der Waals surface area contributed by atoms with Crippen molar-refractivity contribution in [2.75, 3.05) is 6.54 Å². The van der Waals surface area contributed by atoms with Gasteiger partial charge in [0.2, 0.25) is 5.91 Å². The summed E-state index contributed by atoms with van der Waals surface area (Å²) in [5.74, 6) is 0.0387. The Hall–Kier alpha value is -1.42. The Kier molecular flexibility index (Phi) is 4.77. The van der Waals surface area contributed by atoms with E-state index in [0.717, 1.165) is 12.0 Å². The number of nitrogens with two attached hydrogens (primary N) is 1. The number of nitrogens with zero attached hydrogens (tertiary/aromatic N) is 1. The summed E-state index contributed by atoms with van der Waals surface area (Å²) in [7, 11) is 0. The average Bonchev–Trinajstić information content (AvgIpc) is 2.27. The third kappa shape index (κ3) is 4.56. The molecule has 0 fully saturated rings. The molecule has 1 atom stereocenters. The van der Waals surface area contributed by atoms with E-state index in [2.05, 4.69) is 10.3 Å². The summed E-state index contributed by atoms with van der Waals surface area (Å²) >= 11 is 0. The average molecular weight is 207 g/mol. The zero-order chi connectivity index (χ0) is 11.1. The third-order valence-electron chi connectivity index (χ3n) is 2.12. The molecular weight excluding hydrogens is 190 g/mol. The second kappa shape index (κ2) is 6.14. The molecule has 0 saturated heterocycles. The number of carbonyl (C=O) groups is 1. The minimum absolute atomic E-state index is 0.0387. The van der Waals surface area contributed by atoms with Crippen molar-refractivity contribution in [2.45, 2.75) is 25.8 Å². The van der Waals surface area contributed by atoms with Gasteiger partial charge in [0.1, 0.15) is 0 Å². The maximum absolute atomic E-state index is 11.4. The number of amides is 1. The molecule has 1 heterocycles. The largest absolute Gasteiger partial charge is 0.352 e. The first-order valence-corrected chi connectivity index (χ1v) is 5.10. The number of rotatable bonds is 5. The Bertz CT molecular complexity index is 300. The molecule has 82 valence electrons. The van der Waals surface area contributed by atoms with Gasteiger partial charge in [-0.2, -0.15) is 0 Å². The quantitative estimate of drug-likeness (QED) is 0.737. The van der Waals surface area contributed by atoms with Crippen LogP contribution >= 0.6 is 0 Å². The molecule has 0 spiro atoms. The molecule has 0 bridgehead atoms. The molecule has 15 heavy (non-hydrogen) atoms. The normalized spacial score (nSPS) is 12.1. The molecule has 3 N–H and O–H groups in total. The summed E-state index contributed by atoms with van der Waals surface area (Å²) in [6.45, 7) is 2.36. The zero-order valence-corrected chi connectivity index (χ0v) is 8.94. The first-order chi connectivity index (χ1) is 7.22. The van der Waals surface area contributed by atoms with Crippen LogP contribution in [0.3, 0.4) is 0 Å². The molecule has 0 aliphatic heterocycles. The summed E-state index contributed by atoms with van der Waals surface area (Å²) in [6.07, 6.45) is 4.70. The highest BCUT2D eigenvalue weighted by molar-refractivity contribution is 5.76. The van der Waals surface area contributed by atoms with Gasteiger partial charge in [0.15, 0.2) is 0 Å². The van der Waals surface area contributed by atoms with Crippen molar-refractivity contribution < 1.29 is 4.79 Å². The summed E-state index contributed by atoms with van der Waals surface area (Å²) < 4.78 is 0. The van der Waals surface area contributed by atoms with Crippen molar-refractivity contribution in [2.24, 2.45) is 5.73 Å². The van der Waals surface area contributed by atoms with E-state index in [-0.39, 0.29) is 11.9 Å². The molecule has 1 rings (SSSR count). The Morgan fingerprint density at radius 1 is 1.67 bits per heavy atom. The van der Waals surface area contributed by atoms with Crippen molar-refractivity contribution >= 4 is 5.91 Å². The number of pyridine rings is 1. The van der Waals surface area contributed by atoms with Gasteiger partial charge < -0.3 is 11.1 Å². The van der Waals surface area contributed by atoms with Crippen LogP contribution in [0.5, 0.6) is 0 Å². The van der Waals surface area contributed by atoms with Crippen molar-refractivity contribution in [3.63, 3.8) is 0 Å². The molecule has 1 unspecified atom stereocenters. The SMILES string of the molecule is CC(CN)NC(=O)CCc1cccnc1. The fraction of sp³-hybridized carbons (Fsp3) is 0.455. The first-order valence-electron chi connectivity index (χ1n) is 5.10. The van der Waals surface area contributed by atoms with E-state index in [9.17, 15) is 4.79 Å². The second-order valence-corrected chi connectivity index (χ2v) is 3.57. The molecular formula is C11H17N3O. The minimum atomic E-state index is 0.0387. The summed E-state index contributed by atoms with van der Waals surface area (Å²) in [6, 6.07) is 3.88. The lowest BCUT2D eigenvalue weighted by atomic mass is 10.1. The van der Waals surface area contributed by atoms with Crippen LogP contribution in [0.4, 0.5) is 0 Å². The molecule has 0 radical (unpaired) electrons. The lowest BCUT2D eigenvalue weighted by molar-refractivity contribution is -0.121. The van der Waals surface area contributed by atoms with Gasteiger partial charge >= 0.3 is 0 Å². The molecule has 0 aromatic carbocycles. The number of aromatic nitrogens is 1. The van der Waals surface area contributed by atoms with Gasteiger partial charge in [-0.25, -0.2) is 0 Å². The fourth-order valence-electron chi connectivity index (χ4n) is 1.21. The van der Waals surface area contributed by atoms with Gasteiger partial charge in [-0.15, -0.1) is 0 Å². The predicted octanol–water partition coefficient (Wildman–Crippen LogP) is 0.478. The van der Waals surface area contributed by atoms with Gasteiger partial charge in [0, 0.05) is 31.4 Å². The molecule has 1 amide bonds. The second-order valence-electron chi connectivity index (χ2n) is 3.57. The van der Waals surface area contributed by atoms with Crippen LogP contribution in [-0.2, 0) is 11.2 Å². The van der Waals surface area contributed by atoms with E-state index in [1.54, 1.807) is 12.4 Å². The fourth-order valence-corrected chi connectivity index (χ4v) is 1.21.